The van der Waals surface area contributed by atoms with Gasteiger partial charge < -0.3 is 5.32 Å². The number of nitrogens with one attached hydrogen (secondary N) is 1. The summed E-state index contributed by atoms with van der Waals surface area (Å²) in [6, 6.07) is 5.44. The van der Waals surface area contributed by atoms with Gasteiger partial charge in [-0.2, -0.15) is 0 Å². The average Bonchev–Trinajstić information content (AvgIpc) is 1.98. The van der Waals surface area contributed by atoms with Gasteiger partial charge in [0.1, 0.15) is 0 Å². The van der Waals surface area contributed by atoms with Crippen molar-refractivity contribution < 1.29 is 0 Å². The molecule has 1 N–H and O–H groups in total. The topological polar surface area (TPSA) is 12.0 Å². The zero-order chi connectivity index (χ0) is 8.27. The summed E-state index contributed by atoms with van der Waals surface area (Å²) in [6.07, 6.45) is 0. The van der Waals surface area contributed by atoms with Crippen LogP contribution in [0.4, 0.5) is 0 Å². The number of rotatable bonds is 2. The van der Waals surface area contributed by atoms with Crippen molar-refractivity contribution in [1.29, 1.82) is 0 Å². The Morgan fingerprint density at radius 1 is 1.36 bits per heavy atom. The maximum absolute atomic E-state index is 5.88. The second-order valence-corrected chi connectivity index (χ2v) is 3.11. The van der Waals surface area contributed by atoms with E-state index < -0.39 is 0 Å². The van der Waals surface area contributed by atoms with Crippen molar-refractivity contribution in [2.75, 3.05) is 7.05 Å². The molecule has 0 aliphatic carbocycles. The van der Waals surface area contributed by atoms with E-state index in [9.17, 15) is 0 Å². The highest BCUT2D eigenvalue weighted by atomic mass is 35.5. The van der Waals surface area contributed by atoms with Gasteiger partial charge in [0.2, 0.25) is 0 Å². The molecule has 11 heavy (non-hydrogen) atoms. The van der Waals surface area contributed by atoms with Crippen LogP contribution in [0.5, 0.6) is 0 Å². The van der Waals surface area contributed by atoms with Gasteiger partial charge in [0, 0.05) is 16.6 Å². The molecule has 3 heteroatoms. The molecule has 1 aromatic rings. The van der Waals surface area contributed by atoms with Crippen LogP contribution in [0.1, 0.15) is 5.56 Å². The van der Waals surface area contributed by atoms with Crippen LogP contribution in [0.3, 0.4) is 0 Å². The van der Waals surface area contributed by atoms with Crippen LogP contribution >= 0.6 is 23.2 Å². The summed E-state index contributed by atoms with van der Waals surface area (Å²) in [6.45, 7) is 0.749. The molecule has 0 unspecified atom stereocenters. The van der Waals surface area contributed by atoms with Crippen molar-refractivity contribution in [2.24, 2.45) is 0 Å². The Kier molecular flexibility index (Phi) is 3.18. The summed E-state index contributed by atoms with van der Waals surface area (Å²) >= 11 is 11.6. The Labute approximate surface area is 76.3 Å². The van der Waals surface area contributed by atoms with E-state index in [1.165, 1.54) is 0 Å². The van der Waals surface area contributed by atoms with Crippen LogP contribution < -0.4 is 5.32 Å². The van der Waals surface area contributed by atoms with Crippen LogP contribution in [-0.4, -0.2) is 7.05 Å². The van der Waals surface area contributed by atoms with E-state index in [0.29, 0.717) is 0 Å². The van der Waals surface area contributed by atoms with E-state index in [4.69, 9.17) is 23.2 Å². The minimum absolute atomic E-state index is 0.722. The number of hydrogen-bond donors (Lipinski definition) is 1. The van der Waals surface area contributed by atoms with Crippen molar-refractivity contribution in [3.8, 4) is 0 Å². The lowest BCUT2D eigenvalue weighted by molar-refractivity contribution is 0.818. The van der Waals surface area contributed by atoms with Crippen molar-refractivity contribution in [3.63, 3.8) is 0 Å². The molecule has 0 bridgehead atoms. The maximum atomic E-state index is 5.88. The summed E-state index contributed by atoms with van der Waals surface area (Å²) in [4.78, 5) is 0. The number of benzene rings is 1. The van der Waals surface area contributed by atoms with Crippen LogP contribution in [0.2, 0.25) is 10.0 Å². The van der Waals surface area contributed by atoms with Gasteiger partial charge in [0.15, 0.2) is 0 Å². The first kappa shape index (κ1) is 8.85. The zero-order valence-electron chi connectivity index (χ0n) is 6.20. The molecule has 0 spiro atoms. The Morgan fingerprint density at radius 3 is 2.73 bits per heavy atom. The zero-order valence-corrected chi connectivity index (χ0v) is 7.71. The summed E-state index contributed by atoms with van der Waals surface area (Å²) in [7, 11) is 1.87. The molecule has 60 valence electrons. The first-order valence-electron chi connectivity index (χ1n) is 3.32. The van der Waals surface area contributed by atoms with Gasteiger partial charge in [-0.3, -0.25) is 0 Å². The second-order valence-electron chi connectivity index (χ2n) is 2.27. The standard InChI is InChI=1S/C8H9Cl2N/c1-11-5-6-4-7(9)2-3-8(6)10/h2-4,11H,5H2,1H3. The van der Waals surface area contributed by atoms with Crippen LogP contribution in [0.25, 0.3) is 0 Å². The first-order valence-corrected chi connectivity index (χ1v) is 4.08. The van der Waals surface area contributed by atoms with E-state index in [0.717, 1.165) is 22.2 Å². The molecule has 0 aliphatic rings. The van der Waals surface area contributed by atoms with Gasteiger partial charge in [0.25, 0.3) is 0 Å². The molecule has 0 fully saturated rings. The molecule has 0 radical (unpaired) electrons. The number of halogens is 2. The fourth-order valence-electron chi connectivity index (χ4n) is 0.869. The van der Waals surface area contributed by atoms with Gasteiger partial charge >= 0.3 is 0 Å². The summed E-state index contributed by atoms with van der Waals surface area (Å²) in [5.41, 5.74) is 1.03. The molecule has 0 atom stereocenters. The third-order valence-electron chi connectivity index (χ3n) is 1.37. The number of hydrogen-bond acceptors (Lipinski definition) is 1. The van der Waals surface area contributed by atoms with Gasteiger partial charge in [-0.25, -0.2) is 0 Å². The van der Waals surface area contributed by atoms with Crippen molar-refractivity contribution >= 4 is 23.2 Å². The lowest BCUT2D eigenvalue weighted by atomic mass is 10.2. The Balaban J connectivity index is 2.93. The summed E-state index contributed by atoms with van der Waals surface area (Å²) in [5, 5.41) is 4.48. The lowest BCUT2D eigenvalue weighted by Crippen LogP contribution is -2.05. The minimum Gasteiger partial charge on any atom is -0.316 e. The smallest absolute Gasteiger partial charge is 0.0451 e. The lowest BCUT2D eigenvalue weighted by Gasteiger charge is -2.02. The third kappa shape index (κ3) is 2.37. The normalized spacial score (nSPS) is 10.1. The molecule has 0 saturated carbocycles. The highest BCUT2D eigenvalue weighted by Crippen LogP contribution is 2.19. The van der Waals surface area contributed by atoms with Gasteiger partial charge in [-0.05, 0) is 30.8 Å². The largest absolute Gasteiger partial charge is 0.316 e. The average molecular weight is 190 g/mol. The van der Waals surface area contributed by atoms with E-state index >= 15 is 0 Å². The highest BCUT2D eigenvalue weighted by molar-refractivity contribution is 6.33. The van der Waals surface area contributed by atoms with Gasteiger partial charge in [0.05, 0.1) is 0 Å². The quantitative estimate of drug-likeness (QED) is 0.755. The molecule has 0 amide bonds. The predicted octanol–water partition coefficient (Wildman–Crippen LogP) is 2.71. The molecule has 1 aromatic carbocycles. The minimum atomic E-state index is 0.722. The van der Waals surface area contributed by atoms with Gasteiger partial charge in [-0.1, -0.05) is 23.2 Å². The summed E-state index contributed by atoms with van der Waals surface area (Å²) < 4.78 is 0. The van der Waals surface area contributed by atoms with E-state index in [1.54, 1.807) is 12.1 Å². The molecular weight excluding hydrogens is 181 g/mol. The fraction of sp³-hybridized carbons (Fsp3) is 0.250. The summed E-state index contributed by atoms with van der Waals surface area (Å²) in [5.74, 6) is 0. The van der Waals surface area contributed by atoms with E-state index in [2.05, 4.69) is 5.32 Å². The third-order valence-corrected chi connectivity index (χ3v) is 1.98. The highest BCUT2D eigenvalue weighted by Gasteiger charge is 1.98. The second kappa shape index (κ2) is 3.96. The first-order chi connectivity index (χ1) is 5.24. The molecule has 0 aliphatic heterocycles. The molecular formula is C8H9Cl2N. The Bertz CT molecular complexity index is 248. The maximum Gasteiger partial charge on any atom is 0.0451 e. The molecule has 1 rings (SSSR count). The van der Waals surface area contributed by atoms with Crippen molar-refractivity contribution in [1.82, 2.24) is 5.32 Å². The van der Waals surface area contributed by atoms with Crippen molar-refractivity contribution in [3.05, 3.63) is 33.8 Å². The Morgan fingerprint density at radius 2 is 2.09 bits per heavy atom. The van der Waals surface area contributed by atoms with E-state index in [-0.39, 0.29) is 0 Å². The van der Waals surface area contributed by atoms with Gasteiger partial charge in [-0.15, -0.1) is 0 Å². The SMILES string of the molecule is CNCc1cc(Cl)ccc1Cl. The molecule has 0 saturated heterocycles. The van der Waals surface area contributed by atoms with E-state index in [1.807, 2.05) is 13.1 Å². The Hall–Kier alpha value is -0.240. The molecule has 0 aromatic heterocycles. The van der Waals surface area contributed by atoms with Crippen LogP contribution in [0.15, 0.2) is 18.2 Å². The molecule has 0 heterocycles. The van der Waals surface area contributed by atoms with Crippen molar-refractivity contribution in [2.45, 2.75) is 6.54 Å². The molecule has 1 nitrogen and oxygen atoms in total. The predicted molar refractivity (Wildman–Crippen MR) is 49.2 cm³/mol. The van der Waals surface area contributed by atoms with Crippen LogP contribution in [0, 0.1) is 0 Å². The van der Waals surface area contributed by atoms with Crippen LogP contribution in [-0.2, 0) is 6.54 Å². The fourth-order valence-corrected chi connectivity index (χ4v) is 1.25. The monoisotopic (exact) mass is 189 g/mol.